The first-order chi connectivity index (χ1) is 14.6. The summed E-state index contributed by atoms with van der Waals surface area (Å²) < 4.78 is 0. The lowest BCUT2D eigenvalue weighted by Crippen LogP contribution is -1.84. The minimum Gasteiger partial charge on any atom is -0.135 e. The first kappa shape index (κ1) is 16.6. The van der Waals surface area contributed by atoms with Crippen LogP contribution >= 0.6 is 11.3 Å². The van der Waals surface area contributed by atoms with Crippen LogP contribution < -0.4 is 0 Å². The van der Waals surface area contributed by atoms with E-state index in [4.69, 9.17) is 0 Å². The minimum absolute atomic E-state index is 1.31. The van der Waals surface area contributed by atoms with E-state index in [-0.39, 0.29) is 0 Å². The van der Waals surface area contributed by atoms with Crippen molar-refractivity contribution in [1.82, 2.24) is 0 Å². The molecule has 0 fully saturated rings. The van der Waals surface area contributed by atoms with Crippen LogP contribution in [0.4, 0.5) is 0 Å². The van der Waals surface area contributed by atoms with Gasteiger partial charge in [0, 0.05) is 20.9 Å². The second kappa shape index (κ2) is 5.50. The van der Waals surface area contributed by atoms with E-state index < -0.39 is 0 Å². The van der Waals surface area contributed by atoms with Gasteiger partial charge in [0.15, 0.2) is 0 Å². The molecule has 5 aromatic rings. The van der Waals surface area contributed by atoms with Crippen LogP contribution in [0.3, 0.4) is 0 Å². The molecule has 0 bridgehead atoms. The zero-order chi connectivity index (χ0) is 20.1. The van der Waals surface area contributed by atoms with Gasteiger partial charge in [-0.25, -0.2) is 0 Å². The minimum atomic E-state index is 1.31. The van der Waals surface area contributed by atoms with Crippen molar-refractivity contribution in [2.45, 2.75) is 20.8 Å². The highest BCUT2D eigenvalue weighted by atomic mass is 32.1. The zero-order valence-corrected chi connectivity index (χ0v) is 18.1. The van der Waals surface area contributed by atoms with E-state index >= 15 is 0 Å². The molecule has 0 atom stereocenters. The van der Waals surface area contributed by atoms with E-state index in [2.05, 4.69) is 87.5 Å². The fourth-order valence-electron chi connectivity index (χ4n) is 5.53. The Bertz CT molecular complexity index is 1520. The van der Waals surface area contributed by atoms with Crippen molar-refractivity contribution < 1.29 is 0 Å². The molecule has 1 heteroatoms. The summed E-state index contributed by atoms with van der Waals surface area (Å²) in [4.78, 5) is 2.78. The highest BCUT2D eigenvalue weighted by molar-refractivity contribution is 7.19. The largest absolute Gasteiger partial charge is 0.135 e. The SMILES string of the molecule is Cc1ccc(-c2cc3c(s2)-c2ccc4c5c(ccc-3c25)-c2c(C)cc(C)cc2-4)cc1. The number of fused-ring (bicyclic) bond motifs is 6. The normalized spacial score (nSPS) is 12.5. The van der Waals surface area contributed by atoms with Gasteiger partial charge in [-0.3, -0.25) is 0 Å². The third kappa shape index (κ3) is 1.96. The van der Waals surface area contributed by atoms with Gasteiger partial charge in [-0.1, -0.05) is 71.8 Å². The Labute approximate surface area is 180 Å². The van der Waals surface area contributed by atoms with Crippen LogP contribution in [0, 0.1) is 20.8 Å². The summed E-state index contributed by atoms with van der Waals surface area (Å²) in [6, 6.07) is 25.4. The second-order valence-corrected chi connectivity index (χ2v) is 9.85. The summed E-state index contributed by atoms with van der Waals surface area (Å²) in [5, 5.41) is 2.91. The third-order valence-electron chi connectivity index (χ3n) is 6.80. The lowest BCUT2D eigenvalue weighted by atomic mass is 9.96. The molecular weight excluding hydrogens is 380 g/mol. The molecule has 0 radical (unpaired) electrons. The number of hydrogen-bond acceptors (Lipinski definition) is 1. The van der Waals surface area contributed by atoms with Crippen molar-refractivity contribution in [2.24, 2.45) is 0 Å². The maximum atomic E-state index is 2.40. The van der Waals surface area contributed by atoms with Crippen molar-refractivity contribution in [3.63, 3.8) is 0 Å². The van der Waals surface area contributed by atoms with Crippen molar-refractivity contribution in [2.75, 3.05) is 0 Å². The summed E-state index contributed by atoms with van der Waals surface area (Å²) in [7, 11) is 0. The standard InChI is InChI=1S/C29H20S/c1-15-4-6-18(7-5-15)25-14-24-20-8-10-21-26-17(3)12-16(2)13-23(26)19-9-11-22(29(24)30-25)28(20)27(19)21/h4-14H,1-3H3. The summed E-state index contributed by atoms with van der Waals surface area (Å²) in [6.45, 7) is 6.60. The molecule has 0 amide bonds. The molecule has 0 spiro atoms. The molecule has 4 aromatic carbocycles. The van der Waals surface area contributed by atoms with Crippen LogP contribution in [-0.2, 0) is 0 Å². The smallest absolute Gasteiger partial charge is 0.0434 e. The molecule has 0 nitrogen and oxygen atoms in total. The zero-order valence-electron chi connectivity index (χ0n) is 17.3. The fourth-order valence-corrected chi connectivity index (χ4v) is 6.74. The van der Waals surface area contributed by atoms with Gasteiger partial charge in [-0.2, -0.15) is 0 Å². The van der Waals surface area contributed by atoms with Crippen LogP contribution in [0.25, 0.3) is 65.0 Å². The lowest BCUT2D eigenvalue weighted by molar-refractivity contribution is 1.39. The highest BCUT2D eigenvalue weighted by Gasteiger charge is 2.31. The first-order valence-electron chi connectivity index (χ1n) is 10.5. The van der Waals surface area contributed by atoms with Gasteiger partial charge in [0.05, 0.1) is 0 Å². The number of aryl methyl sites for hydroxylation is 3. The summed E-state index contributed by atoms with van der Waals surface area (Å²) in [5.74, 6) is 0. The van der Waals surface area contributed by atoms with Gasteiger partial charge in [0.1, 0.15) is 0 Å². The lowest BCUT2D eigenvalue weighted by Gasteiger charge is -2.08. The van der Waals surface area contributed by atoms with Gasteiger partial charge < -0.3 is 0 Å². The predicted octanol–water partition coefficient (Wildman–Crippen LogP) is 8.79. The molecule has 0 saturated heterocycles. The summed E-state index contributed by atoms with van der Waals surface area (Å²) >= 11 is 1.93. The molecule has 30 heavy (non-hydrogen) atoms. The van der Waals surface area contributed by atoms with Crippen LogP contribution in [0.2, 0.25) is 0 Å². The molecule has 142 valence electrons. The number of thiophene rings is 1. The predicted molar refractivity (Wildman–Crippen MR) is 130 cm³/mol. The maximum Gasteiger partial charge on any atom is 0.0434 e. The molecule has 1 aromatic heterocycles. The second-order valence-electron chi connectivity index (χ2n) is 8.80. The Morgan fingerprint density at radius 3 is 2.00 bits per heavy atom. The summed E-state index contributed by atoms with van der Waals surface area (Å²) in [5.41, 5.74) is 15.2. The van der Waals surface area contributed by atoms with Gasteiger partial charge in [0.2, 0.25) is 0 Å². The number of hydrogen-bond donors (Lipinski definition) is 0. The molecule has 0 unspecified atom stereocenters. The molecule has 0 N–H and O–H groups in total. The van der Waals surface area contributed by atoms with Crippen molar-refractivity contribution in [3.8, 4) is 54.3 Å². The Morgan fingerprint density at radius 2 is 1.20 bits per heavy atom. The molecule has 0 aliphatic heterocycles. The molecule has 7 rings (SSSR count). The quantitative estimate of drug-likeness (QED) is 0.258. The van der Waals surface area contributed by atoms with E-state index in [1.54, 1.807) is 0 Å². The van der Waals surface area contributed by atoms with Crippen molar-refractivity contribution in [1.29, 1.82) is 0 Å². The Morgan fingerprint density at radius 1 is 0.533 bits per heavy atom. The average Bonchev–Trinajstić information content (AvgIpc) is 3.37. The fraction of sp³-hybridized carbons (Fsp3) is 0.103. The molecule has 2 aliphatic rings. The van der Waals surface area contributed by atoms with E-state index in [1.165, 1.54) is 81.7 Å². The van der Waals surface area contributed by atoms with Crippen molar-refractivity contribution >= 4 is 22.1 Å². The average molecular weight is 401 g/mol. The maximum absolute atomic E-state index is 2.40. The molecule has 2 aliphatic carbocycles. The number of rotatable bonds is 1. The van der Waals surface area contributed by atoms with Crippen LogP contribution in [0.1, 0.15) is 16.7 Å². The van der Waals surface area contributed by atoms with Gasteiger partial charge in [0.25, 0.3) is 0 Å². The van der Waals surface area contributed by atoms with Gasteiger partial charge in [-0.15, -0.1) is 11.3 Å². The Balaban J connectivity index is 1.50. The van der Waals surface area contributed by atoms with Crippen LogP contribution in [0.15, 0.2) is 66.7 Å². The molecular formula is C29H20S. The van der Waals surface area contributed by atoms with E-state index in [9.17, 15) is 0 Å². The Kier molecular flexibility index (Phi) is 3.05. The van der Waals surface area contributed by atoms with Gasteiger partial charge in [-0.05, 0) is 76.6 Å². The highest BCUT2D eigenvalue weighted by Crippen LogP contribution is 2.59. The molecule has 0 saturated carbocycles. The summed E-state index contributed by atoms with van der Waals surface area (Å²) in [6.07, 6.45) is 0. The van der Waals surface area contributed by atoms with E-state index in [0.717, 1.165) is 0 Å². The van der Waals surface area contributed by atoms with E-state index in [0.29, 0.717) is 0 Å². The molecule has 1 heterocycles. The van der Waals surface area contributed by atoms with Crippen LogP contribution in [-0.4, -0.2) is 0 Å². The monoisotopic (exact) mass is 400 g/mol. The Hall–Kier alpha value is -3.16. The van der Waals surface area contributed by atoms with Crippen LogP contribution in [0.5, 0.6) is 0 Å². The van der Waals surface area contributed by atoms with Crippen molar-refractivity contribution in [3.05, 3.63) is 83.4 Å². The third-order valence-corrected chi connectivity index (χ3v) is 8.02. The van der Waals surface area contributed by atoms with E-state index in [1.807, 2.05) is 11.3 Å². The first-order valence-corrected chi connectivity index (χ1v) is 11.3. The number of benzene rings is 4. The van der Waals surface area contributed by atoms with Gasteiger partial charge >= 0.3 is 0 Å². The topological polar surface area (TPSA) is 0 Å².